The molecule has 3 rings (SSSR count). The molecule has 4 nitrogen and oxygen atoms in total. The van der Waals surface area contributed by atoms with Gasteiger partial charge < -0.3 is 15.5 Å². The highest BCUT2D eigenvalue weighted by molar-refractivity contribution is 5.73. The summed E-state index contributed by atoms with van der Waals surface area (Å²) in [7, 11) is 4.16. The second-order valence-electron chi connectivity index (χ2n) is 6.66. The number of rotatable bonds is 7. The monoisotopic (exact) mass is 346 g/mol. The van der Waals surface area contributed by atoms with Crippen molar-refractivity contribution >= 4 is 17.2 Å². The lowest BCUT2D eigenvalue weighted by Crippen LogP contribution is -2.30. The minimum Gasteiger partial charge on any atom is -0.396 e. The van der Waals surface area contributed by atoms with Crippen LogP contribution in [0.2, 0.25) is 0 Å². The average Bonchev–Trinajstić information content (AvgIpc) is 2.65. The summed E-state index contributed by atoms with van der Waals surface area (Å²) in [4.78, 5) is 8.97. The quantitative estimate of drug-likeness (QED) is 0.703. The molecule has 4 heteroatoms. The van der Waals surface area contributed by atoms with Gasteiger partial charge in [-0.15, -0.1) is 0 Å². The van der Waals surface area contributed by atoms with Crippen molar-refractivity contribution in [2.24, 2.45) is 0 Å². The van der Waals surface area contributed by atoms with Crippen LogP contribution in [-0.2, 0) is 6.42 Å². The Balaban J connectivity index is 2.00. The molecule has 2 aromatic carbocycles. The van der Waals surface area contributed by atoms with Crippen LogP contribution in [0.15, 0.2) is 72.9 Å². The molecule has 1 aromatic heterocycles. The van der Waals surface area contributed by atoms with Crippen molar-refractivity contribution in [2.75, 3.05) is 37.8 Å². The maximum atomic E-state index is 6.25. The highest BCUT2D eigenvalue weighted by Gasteiger charge is 2.17. The van der Waals surface area contributed by atoms with E-state index in [-0.39, 0.29) is 0 Å². The first-order valence-corrected chi connectivity index (χ1v) is 8.90. The number of anilines is 3. The van der Waals surface area contributed by atoms with Crippen molar-refractivity contribution in [3.8, 4) is 0 Å². The predicted octanol–water partition coefficient (Wildman–Crippen LogP) is 3.95. The standard InChI is InChI=1S/C22H26N4/c1-25(2)15-16-26(22-20(23)12-8-14-24-22)21-13-7-6-11-19(21)17-18-9-4-3-5-10-18/h3-14H,15-17,23H2,1-2H3. The molecule has 0 aliphatic heterocycles. The molecule has 0 atom stereocenters. The van der Waals surface area contributed by atoms with Crippen LogP contribution in [0, 0.1) is 0 Å². The fourth-order valence-electron chi connectivity index (χ4n) is 3.01. The summed E-state index contributed by atoms with van der Waals surface area (Å²) in [6.45, 7) is 1.73. The van der Waals surface area contributed by atoms with Crippen LogP contribution in [0.5, 0.6) is 0 Å². The Kier molecular flexibility index (Phi) is 5.87. The van der Waals surface area contributed by atoms with Crippen LogP contribution in [0.25, 0.3) is 0 Å². The van der Waals surface area contributed by atoms with Crippen LogP contribution in [0.4, 0.5) is 17.2 Å². The van der Waals surface area contributed by atoms with Gasteiger partial charge in [0.2, 0.25) is 0 Å². The topological polar surface area (TPSA) is 45.4 Å². The summed E-state index contributed by atoms with van der Waals surface area (Å²) in [5, 5.41) is 0. The summed E-state index contributed by atoms with van der Waals surface area (Å²) < 4.78 is 0. The number of pyridine rings is 1. The van der Waals surface area contributed by atoms with Crippen molar-refractivity contribution in [3.63, 3.8) is 0 Å². The van der Waals surface area contributed by atoms with Crippen molar-refractivity contribution in [1.29, 1.82) is 0 Å². The first kappa shape index (κ1) is 18.0. The van der Waals surface area contributed by atoms with Gasteiger partial charge in [-0.25, -0.2) is 4.98 Å². The number of nitrogen functional groups attached to an aromatic ring is 1. The zero-order valence-corrected chi connectivity index (χ0v) is 15.5. The molecule has 2 N–H and O–H groups in total. The molecule has 0 aliphatic rings. The third kappa shape index (κ3) is 4.41. The molecule has 3 aromatic rings. The van der Waals surface area contributed by atoms with Gasteiger partial charge in [0.05, 0.1) is 5.69 Å². The van der Waals surface area contributed by atoms with Crippen molar-refractivity contribution in [3.05, 3.63) is 84.1 Å². The second kappa shape index (κ2) is 8.50. The van der Waals surface area contributed by atoms with E-state index in [9.17, 15) is 0 Å². The van der Waals surface area contributed by atoms with E-state index in [1.807, 2.05) is 18.2 Å². The third-order valence-corrected chi connectivity index (χ3v) is 4.36. The Bertz CT molecular complexity index is 830. The van der Waals surface area contributed by atoms with E-state index >= 15 is 0 Å². The highest BCUT2D eigenvalue weighted by atomic mass is 15.2. The lowest BCUT2D eigenvalue weighted by atomic mass is 10.0. The molecule has 1 heterocycles. The molecule has 0 radical (unpaired) electrons. The molecule has 134 valence electrons. The van der Waals surface area contributed by atoms with Gasteiger partial charge in [0, 0.05) is 25.0 Å². The number of likely N-dealkylation sites (N-methyl/N-ethyl adjacent to an activating group) is 1. The maximum absolute atomic E-state index is 6.25. The Labute approximate surface area is 155 Å². The first-order chi connectivity index (χ1) is 12.6. The van der Waals surface area contributed by atoms with E-state index in [0.29, 0.717) is 5.69 Å². The van der Waals surface area contributed by atoms with E-state index < -0.39 is 0 Å². The third-order valence-electron chi connectivity index (χ3n) is 4.36. The summed E-state index contributed by atoms with van der Waals surface area (Å²) in [6, 6.07) is 22.8. The van der Waals surface area contributed by atoms with Crippen LogP contribution >= 0.6 is 0 Å². The minimum absolute atomic E-state index is 0.695. The number of hydrogen-bond acceptors (Lipinski definition) is 4. The van der Waals surface area contributed by atoms with Crippen LogP contribution in [0.1, 0.15) is 11.1 Å². The molecule has 26 heavy (non-hydrogen) atoms. The molecular formula is C22H26N4. The number of nitrogens with zero attached hydrogens (tertiary/aromatic N) is 3. The summed E-state index contributed by atoms with van der Waals surface area (Å²) in [5.74, 6) is 0.815. The normalized spacial score (nSPS) is 10.9. The van der Waals surface area contributed by atoms with E-state index in [1.54, 1.807) is 6.20 Å². The smallest absolute Gasteiger partial charge is 0.156 e. The largest absolute Gasteiger partial charge is 0.396 e. The van der Waals surface area contributed by atoms with E-state index in [2.05, 4.69) is 77.4 Å². The Morgan fingerprint density at radius 3 is 2.31 bits per heavy atom. The number of aromatic nitrogens is 1. The molecule has 0 saturated carbocycles. The van der Waals surface area contributed by atoms with E-state index in [0.717, 1.165) is 31.0 Å². The van der Waals surface area contributed by atoms with Crippen LogP contribution in [0.3, 0.4) is 0 Å². The number of para-hydroxylation sites is 1. The fraction of sp³-hybridized carbons (Fsp3) is 0.227. The van der Waals surface area contributed by atoms with E-state index in [1.165, 1.54) is 11.1 Å². The number of nitrogens with two attached hydrogens (primary N) is 1. The van der Waals surface area contributed by atoms with Gasteiger partial charge in [-0.3, -0.25) is 0 Å². The van der Waals surface area contributed by atoms with Gasteiger partial charge in [-0.1, -0.05) is 48.5 Å². The minimum atomic E-state index is 0.695. The number of hydrogen-bond donors (Lipinski definition) is 1. The molecule has 0 amide bonds. The lowest BCUT2D eigenvalue weighted by molar-refractivity contribution is 0.418. The van der Waals surface area contributed by atoms with E-state index in [4.69, 9.17) is 5.73 Å². The van der Waals surface area contributed by atoms with Gasteiger partial charge in [0.15, 0.2) is 5.82 Å². The lowest BCUT2D eigenvalue weighted by Gasteiger charge is -2.28. The van der Waals surface area contributed by atoms with Gasteiger partial charge in [-0.05, 0) is 49.8 Å². The predicted molar refractivity (Wildman–Crippen MR) is 110 cm³/mol. The Hall–Kier alpha value is -2.85. The zero-order chi connectivity index (χ0) is 18.4. The summed E-state index contributed by atoms with van der Waals surface area (Å²) in [5.41, 5.74) is 10.7. The summed E-state index contributed by atoms with van der Waals surface area (Å²) >= 11 is 0. The molecule has 0 spiro atoms. The highest BCUT2D eigenvalue weighted by Crippen LogP contribution is 2.31. The van der Waals surface area contributed by atoms with Crippen molar-refractivity contribution < 1.29 is 0 Å². The molecule has 0 unspecified atom stereocenters. The molecule has 0 fully saturated rings. The second-order valence-corrected chi connectivity index (χ2v) is 6.66. The molecule has 0 bridgehead atoms. The SMILES string of the molecule is CN(C)CCN(c1ccccc1Cc1ccccc1)c1ncccc1N. The molecule has 0 saturated heterocycles. The molecule has 0 aliphatic carbocycles. The first-order valence-electron chi connectivity index (χ1n) is 8.90. The zero-order valence-electron chi connectivity index (χ0n) is 15.5. The fourth-order valence-corrected chi connectivity index (χ4v) is 3.01. The van der Waals surface area contributed by atoms with Gasteiger partial charge in [0.1, 0.15) is 0 Å². The summed E-state index contributed by atoms with van der Waals surface area (Å²) in [6.07, 6.45) is 2.68. The Morgan fingerprint density at radius 1 is 0.846 bits per heavy atom. The van der Waals surface area contributed by atoms with Crippen molar-refractivity contribution in [2.45, 2.75) is 6.42 Å². The van der Waals surface area contributed by atoms with Crippen LogP contribution < -0.4 is 10.6 Å². The van der Waals surface area contributed by atoms with Gasteiger partial charge >= 0.3 is 0 Å². The Morgan fingerprint density at radius 2 is 1.58 bits per heavy atom. The van der Waals surface area contributed by atoms with Crippen LogP contribution in [-0.4, -0.2) is 37.1 Å². The van der Waals surface area contributed by atoms with Gasteiger partial charge in [0.25, 0.3) is 0 Å². The average molecular weight is 346 g/mol. The number of benzene rings is 2. The van der Waals surface area contributed by atoms with Gasteiger partial charge in [-0.2, -0.15) is 0 Å². The maximum Gasteiger partial charge on any atom is 0.156 e. The van der Waals surface area contributed by atoms with Crippen molar-refractivity contribution in [1.82, 2.24) is 9.88 Å². The molecular weight excluding hydrogens is 320 g/mol.